The van der Waals surface area contributed by atoms with Crippen LogP contribution in [0.25, 0.3) is 0 Å². The van der Waals surface area contributed by atoms with E-state index < -0.39 is 0 Å². The fourth-order valence-corrected chi connectivity index (χ4v) is 22.9. The molecule has 206 valence electrons. The highest BCUT2D eigenvalue weighted by Gasteiger charge is 2.60. The summed E-state index contributed by atoms with van der Waals surface area (Å²) in [4.78, 5) is 0. The average molecular weight is 531 g/mol. The maximum absolute atomic E-state index is 2.94. The maximum atomic E-state index is 2.94. The zero-order valence-electron chi connectivity index (χ0n) is 24.2. The Hall–Kier alpha value is 0.860. The topological polar surface area (TPSA) is 0 Å². The van der Waals surface area contributed by atoms with Crippen LogP contribution in [-0.4, -0.2) is 28.0 Å². The van der Waals surface area contributed by atoms with Crippen LogP contribution in [0.2, 0.25) is 0 Å². The largest absolute Gasteiger partial charge is 0.0924 e. The first-order valence-electron chi connectivity index (χ1n) is 17.3. The molecular weight excluding hydrogens is 470 g/mol. The van der Waals surface area contributed by atoms with Crippen molar-refractivity contribution in [3.05, 3.63) is 0 Å². The minimum Gasteiger partial charge on any atom is -0.0924 e. The summed E-state index contributed by atoms with van der Waals surface area (Å²) < 4.78 is 0. The molecule has 0 spiro atoms. The summed E-state index contributed by atoms with van der Waals surface area (Å²) in [5.41, 5.74) is 0. The molecule has 0 radical (unpaired) electrons. The molecule has 0 bridgehead atoms. The summed E-state index contributed by atoms with van der Waals surface area (Å²) in [6.45, 7) is 2.94. The van der Waals surface area contributed by atoms with Crippen molar-refractivity contribution >= 4 is 15.8 Å². The van der Waals surface area contributed by atoms with E-state index in [2.05, 4.69) is 6.92 Å². The standard InChI is InChI=1S/C34H60P2/c1-28(35-26-14-24-33(35,29-16-6-2-7-17-29)30-18-8-3-9-19-30)36-27-15-25-34(36,31-20-10-4-11-21-31)32-22-12-5-13-23-32/h28-32H,2-27H2,1H3. The SMILES string of the molecule is CC(P1CCCC1(C1CCCCC1)C1CCCCC1)P1CCCC1(C1CCCCC1)C1CCCCC1. The average Bonchev–Trinajstić information content (AvgIpc) is 3.61. The molecule has 2 aliphatic heterocycles. The van der Waals surface area contributed by atoms with Crippen LogP contribution in [0.5, 0.6) is 0 Å². The molecule has 6 fully saturated rings. The highest BCUT2D eigenvalue weighted by Crippen LogP contribution is 2.81. The van der Waals surface area contributed by atoms with E-state index in [-0.39, 0.29) is 15.8 Å². The molecule has 0 amide bonds. The molecular formula is C34H60P2. The smallest absolute Gasteiger partial charge is 0.00238 e. The maximum Gasteiger partial charge on any atom is -0.00238 e. The fourth-order valence-electron chi connectivity index (χ4n) is 11.8. The Labute approximate surface area is 228 Å². The summed E-state index contributed by atoms with van der Waals surface area (Å²) in [5, 5.41) is 2.78. The molecule has 4 aliphatic carbocycles. The molecule has 2 unspecified atom stereocenters. The van der Waals surface area contributed by atoms with Gasteiger partial charge in [-0.15, -0.1) is 0 Å². The van der Waals surface area contributed by atoms with E-state index in [0.29, 0.717) is 0 Å². The van der Waals surface area contributed by atoms with Crippen molar-refractivity contribution in [3.63, 3.8) is 0 Å². The van der Waals surface area contributed by atoms with Crippen molar-refractivity contribution in [1.29, 1.82) is 0 Å². The van der Waals surface area contributed by atoms with Crippen LogP contribution < -0.4 is 0 Å². The third kappa shape index (κ3) is 4.84. The van der Waals surface area contributed by atoms with Crippen LogP contribution in [0.15, 0.2) is 0 Å². The summed E-state index contributed by atoms with van der Waals surface area (Å²) in [6, 6.07) is 0. The van der Waals surface area contributed by atoms with Gasteiger partial charge in [0.25, 0.3) is 0 Å². The highest BCUT2D eigenvalue weighted by molar-refractivity contribution is 7.77. The Bertz CT molecular complexity index is 583. The molecule has 0 aromatic heterocycles. The molecule has 2 heteroatoms. The Kier molecular flexibility index (Phi) is 9.14. The van der Waals surface area contributed by atoms with Crippen molar-refractivity contribution in [3.8, 4) is 0 Å². The van der Waals surface area contributed by atoms with Gasteiger partial charge in [0, 0.05) is 0 Å². The van der Waals surface area contributed by atoms with Gasteiger partial charge in [0.2, 0.25) is 0 Å². The molecule has 2 saturated heterocycles. The lowest BCUT2D eigenvalue weighted by Gasteiger charge is -2.57. The normalized spacial score (nSPS) is 36.2. The van der Waals surface area contributed by atoms with Gasteiger partial charge in [-0.05, 0) is 129 Å². The van der Waals surface area contributed by atoms with E-state index in [1.54, 1.807) is 166 Å². The lowest BCUT2D eigenvalue weighted by atomic mass is 9.67. The molecule has 2 heterocycles. The van der Waals surface area contributed by atoms with Gasteiger partial charge < -0.3 is 0 Å². The van der Waals surface area contributed by atoms with E-state index in [1.807, 2.05) is 0 Å². The quantitative estimate of drug-likeness (QED) is 0.300. The van der Waals surface area contributed by atoms with Gasteiger partial charge in [-0.25, -0.2) is 0 Å². The van der Waals surface area contributed by atoms with Crippen LogP contribution in [0.3, 0.4) is 0 Å². The van der Waals surface area contributed by atoms with E-state index in [4.69, 9.17) is 0 Å². The molecule has 0 aromatic carbocycles. The van der Waals surface area contributed by atoms with Gasteiger partial charge in [-0.3, -0.25) is 0 Å². The van der Waals surface area contributed by atoms with Crippen molar-refractivity contribution in [1.82, 2.24) is 0 Å². The Morgan fingerprint density at radius 3 is 0.972 bits per heavy atom. The second-order valence-corrected chi connectivity index (χ2v) is 20.9. The van der Waals surface area contributed by atoms with Crippen LogP contribution in [0, 0.1) is 23.7 Å². The molecule has 36 heavy (non-hydrogen) atoms. The number of hydrogen-bond acceptors (Lipinski definition) is 0. The van der Waals surface area contributed by atoms with Crippen LogP contribution in [0.1, 0.15) is 161 Å². The molecule has 6 rings (SSSR count). The Morgan fingerprint density at radius 1 is 0.417 bits per heavy atom. The van der Waals surface area contributed by atoms with Crippen molar-refractivity contribution in [2.45, 2.75) is 177 Å². The second-order valence-electron chi connectivity index (χ2n) is 14.5. The van der Waals surface area contributed by atoms with Crippen molar-refractivity contribution < 1.29 is 0 Å². The predicted molar refractivity (Wildman–Crippen MR) is 163 cm³/mol. The molecule has 0 aromatic rings. The fraction of sp³-hybridized carbons (Fsp3) is 1.00. The van der Waals surface area contributed by atoms with E-state index in [0.717, 1.165) is 39.4 Å². The molecule has 2 atom stereocenters. The van der Waals surface area contributed by atoms with Crippen molar-refractivity contribution in [2.75, 3.05) is 12.3 Å². The Morgan fingerprint density at radius 2 is 0.694 bits per heavy atom. The molecule has 0 nitrogen and oxygen atoms in total. The Balaban J connectivity index is 1.34. The van der Waals surface area contributed by atoms with Crippen LogP contribution in [-0.2, 0) is 0 Å². The van der Waals surface area contributed by atoms with Crippen LogP contribution in [0.4, 0.5) is 0 Å². The summed E-state index contributed by atoms with van der Waals surface area (Å²) in [6.07, 6.45) is 41.7. The summed E-state index contributed by atoms with van der Waals surface area (Å²) in [5.74, 6) is 4.51. The first-order chi connectivity index (χ1) is 17.8. The molecule has 6 aliphatic rings. The lowest BCUT2D eigenvalue weighted by molar-refractivity contribution is 0.165. The zero-order chi connectivity index (χ0) is 24.4. The number of hydrogen-bond donors (Lipinski definition) is 0. The molecule has 4 saturated carbocycles. The minimum absolute atomic E-state index is 0.218. The zero-order valence-corrected chi connectivity index (χ0v) is 26.0. The van der Waals surface area contributed by atoms with Crippen molar-refractivity contribution in [2.24, 2.45) is 23.7 Å². The van der Waals surface area contributed by atoms with Gasteiger partial charge in [0.05, 0.1) is 0 Å². The molecule has 0 N–H and O–H groups in total. The van der Waals surface area contributed by atoms with Gasteiger partial charge >= 0.3 is 0 Å². The first kappa shape index (κ1) is 27.1. The number of rotatable bonds is 6. The van der Waals surface area contributed by atoms with E-state index in [9.17, 15) is 0 Å². The van der Waals surface area contributed by atoms with Crippen LogP contribution >= 0.6 is 15.8 Å². The van der Waals surface area contributed by atoms with Gasteiger partial charge in [-0.2, -0.15) is 0 Å². The van der Waals surface area contributed by atoms with Gasteiger partial charge in [0.15, 0.2) is 0 Å². The monoisotopic (exact) mass is 530 g/mol. The van der Waals surface area contributed by atoms with E-state index >= 15 is 0 Å². The van der Waals surface area contributed by atoms with Gasteiger partial charge in [-0.1, -0.05) is 99.8 Å². The summed E-state index contributed by atoms with van der Waals surface area (Å²) >= 11 is 0. The predicted octanol–water partition coefficient (Wildman–Crippen LogP) is 11.7. The lowest BCUT2D eigenvalue weighted by Crippen LogP contribution is -2.47. The minimum atomic E-state index is 0.218. The van der Waals surface area contributed by atoms with Gasteiger partial charge in [0.1, 0.15) is 0 Å². The third-order valence-corrected chi connectivity index (χ3v) is 22.3. The highest BCUT2D eigenvalue weighted by atomic mass is 31.2. The summed E-state index contributed by atoms with van der Waals surface area (Å²) in [7, 11) is 0.435. The van der Waals surface area contributed by atoms with E-state index in [1.165, 1.54) is 0 Å². The third-order valence-electron chi connectivity index (χ3n) is 13.2. The first-order valence-corrected chi connectivity index (χ1v) is 20.5. The second kappa shape index (κ2) is 12.2.